The predicted octanol–water partition coefficient (Wildman–Crippen LogP) is 4.63. The Morgan fingerprint density at radius 1 is 1.09 bits per heavy atom. The van der Waals surface area contributed by atoms with E-state index in [1.165, 1.54) is 22.2 Å². The SMILES string of the molecule is Cc1c(C(=O)Nc2ccccc2)sc2ncn(Cc3ccc(C(=O)OC(C)C)cc3)c(=O)c12. The lowest BCUT2D eigenvalue weighted by Crippen LogP contribution is -2.21. The van der Waals surface area contributed by atoms with E-state index in [0.717, 1.165) is 5.56 Å². The predicted molar refractivity (Wildman–Crippen MR) is 129 cm³/mol. The molecule has 1 amide bonds. The fourth-order valence-corrected chi connectivity index (χ4v) is 4.46. The second-order valence-electron chi connectivity index (χ2n) is 7.89. The molecule has 4 aromatic rings. The van der Waals surface area contributed by atoms with E-state index in [4.69, 9.17) is 4.74 Å². The van der Waals surface area contributed by atoms with Crippen LogP contribution in [0.15, 0.2) is 65.7 Å². The largest absolute Gasteiger partial charge is 0.459 e. The quantitative estimate of drug-likeness (QED) is 0.423. The first-order valence-electron chi connectivity index (χ1n) is 10.5. The number of fused-ring (bicyclic) bond motifs is 1. The van der Waals surface area contributed by atoms with Crippen molar-refractivity contribution < 1.29 is 14.3 Å². The van der Waals surface area contributed by atoms with Crippen LogP contribution in [-0.4, -0.2) is 27.5 Å². The number of para-hydroxylation sites is 1. The summed E-state index contributed by atoms with van der Waals surface area (Å²) >= 11 is 1.20. The first-order valence-corrected chi connectivity index (χ1v) is 11.3. The molecule has 168 valence electrons. The molecule has 8 heteroatoms. The number of carbonyl (C=O) groups excluding carboxylic acids is 2. The van der Waals surface area contributed by atoms with Crippen molar-refractivity contribution in [3.8, 4) is 0 Å². The number of esters is 1. The minimum Gasteiger partial charge on any atom is -0.459 e. The Morgan fingerprint density at radius 3 is 2.45 bits per heavy atom. The Morgan fingerprint density at radius 2 is 1.79 bits per heavy atom. The highest BCUT2D eigenvalue weighted by Gasteiger charge is 2.20. The standard InChI is InChI=1S/C25H23N3O4S/c1-15(2)32-25(31)18-11-9-17(10-12-18)13-28-14-26-23-20(24(28)30)16(3)21(33-23)22(29)27-19-7-5-4-6-8-19/h4-12,14-15H,13H2,1-3H3,(H,27,29). The summed E-state index contributed by atoms with van der Waals surface area (Å²) in [7, 11) is 0. The molecule has 4 rings (SSSR count). The van der Waals surface area contributed by atoms with Crippen LogP contribution in [0.3, 0.4) is 0 Å². The van der Waals surface area contributed by atoms with Gasteiger partial charge in [-0.25, -0.2) is 9.78 Å². The number of amides is 1. The van der Waals surface area contributed by atoms with Gasteiger partial charge in [0.05, 0.1) is 34.8 Å². The minimum atomic E-state index is -0.382. The van der Waals surface area contributed by atoms with E-state index >= 15 is 0 Å². The summed E-state index contributed by atoms with van der Waals surface area (Å²) in [5, 5.41) is 3.30. The van der Waals surface area contributed by atoms with Crippen LogP contribution in [0.2, 0.25) is 0 Å². The van der Waals surface area contributed by atoms with Crippen LogP contribution in [0.5, 0.6) is 0 Å². The van der Waals surface area contributed by atoms with E-state index in [1.54, 1.807) is 57.2 Å². The van der Waals surface area contributed by atoms with Crippen molar-refractivity contribution in [1.29, 1.82) is 0 Å². The Balaban J connectivity index is 1.58. The molecule has 0 aliphatic rings. The summed E-state index contributed by atoms with van der Waals surface area (Å²) in [6, 6.07) is 16.1. The summed E-state index contributed by atoms with van der Waals surface area (Å²) in [6.45, 7) is 5.65. The number of benzene rings is 2. The number of hydrogen-bond donors (Lipinski definition) is 1. The van der Waals surface area contributed by atoms with Crippen LogP contribution in [0, 0.1) is 6.92 Å². The molecule has 2 heterocycles. The highest BCUT2D eigenvalue weighted by atomic mass is 32.1. The van der Waals surface area contributed by atoms with Gasteiger partial charge in [-0.1, -0.05) is 30.3 Å². The van der Waals surface area contributed by atoms with Gasteiger partial charge in [0, 0.05) is 5.69 Å². The van der Waals surface area contributed by atoms with Gasteiger partial charge in [0.1, 0.15) is 4.83 Å². The molecule has 0 saturated carbocycles. The van der Waals surface area contributed by atoms with Crippen LogP contribution >= 0.6 is 11.3 Å². The second kappa shape index (κ2) is 9.38. The van der Waals surface area contributed by atoms with E-state index in [-0.39, 0.29) is 23.5 Å². The fraction of sp³-hybridized carbons (Fsp3) is 0.200. The molecule has 7 nitrogen and oxygen atoms in total. The van der Waals surface area contributed by atoms with Gasteiger partial charge < -0.3 is 10.1 Å². The van der Waals surface area contributed by atoms with Gasteiger partial charge in [0.2, 0.25) is 0 Å². The van der Waals surface area contributed by atoms with Gasteiger partial charge in [-0.05, 0) is 56.2 Å². The van der Waals surface area contributed by atoms with Gasteiger partial charge in [-0.3, -0.25) is 14.2 Å². The lowest BCUT2D eigenvalue weighted by Gasteiger charge is -2.09. The number of anilines is 1. The number of nitrogens with one attached hydrogen (secondary N) is 1. The smallest absolute Gasteiger partial charge is 0.338 e. The average molecular weight is 462 g/mol. The molecule has 2 aromatic carbocycles. The molecule has 0 bridgehead atoms. The minimum absolute atomic E-state index is 0.193. The van der Waals surface area contributed by atoms with Crippen LogP contribution in [-0.2, 0) is 11.3 Å². The van der Waals surface area contributed by atoms with Crippen molar-refractivity contribution in [3.63, 3.8) is 0 Å². The molecule has 0 aliphatic carbocycles. The van der Waals surface area contributed by atoms with E-state index < -0.39 is 0 Å². The van der Waals surface area contributed by atoms with Crippen LogP contribution in [0.1, 0.15) is 45.0 Å². The Labute approximate surface area is 194 Å². The summed E-state index contributed by atoms with van der Waals surface area (Å²) in [5.74, 6) is -0.650. The Bertz CT molecular complexity index is 1370. The molecule has 0 atom stereocenters. The summed E-state index contributed by atoms with van der Waals surface area (Å²) in [6.07, 6.45) is 1.29. The number of aryl methyl sites for hydroxylation is 1. The molecule has 33 heavy (non-hydrogen) atoms. The summed E-state index contributed by atoms with van der Waals surface area (Å²) in [5.41, 5.74) is 2.38. The van der Waals surface area contributed by atoms with E-state index in [9.17, 15) is 14.4 Å². The average Bonchev–Trinajstić information content (AvgIpc) is 3.13. The normalized spacial score (nSPS) is 11.0. The monoisotopic (exact) mass is 461 g/mol. The van der Waals surface area contributed by atoms with Crippen molar-refractivity contribution in [2.75, 3.05) is 5.32 Å². The van der Waals surface area contributed by atoms with Crippen molar-refractivity contribution in [2.45, 2.75) is 33.4 Å². The molecule has 2 aromatic heterocycles. The van der Waals surface area contributed by atoms with Crippen LogP contribution in [0.4, 0.5) is 5.69 Å². The molecule has 0 fully saturated rings. The number of nitrogens with zero attached hydrogens (tertiary/aromatic N) is 2. The van der Waals surface area contributed by atoms with E-state index in [1.807, 2.05) is 18.2 Å². The lowest BCUT2D eigenvalue weighted by molar-refractivity contribution is 0.0378. The Kier molecular flexibility index (Phi) is 6.37. The van der Waals surface area contributed by atoms with Crippen LogP contribution < -0.4 is 10.9 Å². The zero-order valence-electron chi connectivity index (χ0n) is 18.5. The van der Waals surface area contributed by atoms with E-state index in [2.05, 4.69) is 10.3 Å². The maximum absolute atomic E-state index is 13.2. The van der Waals surface area contributed by atoms with Gasteiger partial charge in [0.15, 0.2) is 0 Å². The number of hydrogen-bond acceptors (Lipinski definition) is 6. The molecule has 1 N–H and O–H groups in total. The van der Waals surface area contributed by atoms with E-state index in [0.29, 0.717) is 38.5 Å². The van der Waals surface area contributed by atoms with Gasteiger partial charge >= 0.3 is 5.97 Å². The number of aromatic nitrogens is 2. The molecule has 0 spiro atoms. The molecule has 0 radical (unpaired) electrons. The lowest BCUT2D eigenvalue weighted by atomic mass is 10.1. The van der Waals surface area contributed by atoms with Gasteiger partial charge in [-0.2, -0.15) is 0 Å². The first kappa shape index (κ1) is 22.4. The third-order valence-corrected chi connectivity index (χ3v) is 6.24. The van der Waals surface area contributed by atoms with Crippen molar-refractivity contribution >= 4 is 39.1 Å². The molecule has 0 aliphatic heterocycles. The number of ether oxygens (including phenoxy) is 1. The zero-order chi connectivity index (χ0) is 23.5. The zero-order valence-corrected chi connectivity index (χ0v) is 19.3. The third-order valence-electron chi connectivity index (χ3n) is 5.04. The highest BCUT2D eigenvalue weighted by Crippen LogP contribution is 2.27. The number of carbonyl (C=O) groups is 2. The van der Waals surface area contributed by atoms with Gasteiger partial charge in [-0.15, -0.1) is 11.3 Å². The van der Waals surface area contributed by atoms with Crippen molar-refractivity contribution in [3.05, 3.63) is 92.8 Å². The number of rotatable bonds is 6. The third kappa shape index (κ3) is 4.85. The topological polar surface area (TPSA) is 90.3 Å². The molecular formula is C25H23N3O4S. The molecule has 0 unspecified atom stereocenters. The maximum atomic E-state index is 13.2. The Hall–Kier alpha value is -3.78. The first-order chi connectivity index (χ1) is 15.8. The summed E-state index contributed by atoms with van der Waals surface area (Å²) < 4.78 is 6.70. The second-order valence-corrected chi connectivity index (χ2v) is 8.88. The van der Waals surface area contributed by atoms with Gasteiger partial charge in [0.25, 0.3) is 11.5 Å². The van der Waals surface area contributed by atoms with Crippen molar-refractivity contribution in [1.82, 2.24) is 9.55 Å². The number of thiophene rings is 1. The molecular weight excluding hydrogens is 438 g/mol. The fourth-order valence-electron chi connectivity index (χ4n) is 3.42. The van der Waals surface area contributed by atoms with Crippen molar-refractivity contribution in [2.24, 2.45) is 0 Å². The highest BCUT2D eigenvalue weighted by molar-refractivity contribution is 7.20. The van der Waals surface area contributed by atoms with Crippen LogP contribution in [0.25, 0.3) is 10.2 Å². The molecule has 0 saturated heterocycles. The maximum Gasteiger partial charge on any atom is 0.338 e. The summed E-state index contributed by atoms with van der Waals surface area (Å²) in [4.78, 5) is 43.4.